The summed E-state index contributed by atoms with van der Waals surface area (Å²) in [5.41, 5.74) is 0.275. The Kier molecular flexibility index (Phi) is 7.57. The molecule has 2 aromatic carbocycles. The molecule has 2 aromatic rings. The zero-order valence-corrected chi connectivity index (χ0v) is 18.7. The van der Waals surface area contributed by atoms with Crippen LogP contribution in [0.2, 0.25) is 0 Å². The van der Waals surface area contributed by atoms with Crippen LogP contribution in [0, 0.1) is 17.6 Å². The molecule has 28 heavy (non-hydrogen) atoms. The first-order valence-corrected chi connectivity index (χ1v) is 10.9. The number of hydrogen-bond acceptors (Lipinski definition) is 3. The molecule has 0 N–H and O–H groups in total. The van der Waals surface area contributed by atoms with Gasteiger partial charge in [0.2, 0.25) is 5.82 Å². The van der Waals surface area contributed by atoms with Crippen molar-refractivity contribution in [3.63, 3.8) is 0 Å². The maximum absolute atomic E-state index is 14.9. The van der Waals surface area contributed by atoms with E-state index in [4.69, 9.17) is 14.2 Å². The van der Waals surface area contributed by atoms with E-state index in [1.54, 1.807) is 25.1 Å². The van der Waals surface area contributed by atoms with E-state index in [2.05, 4.69) is 31.9 Å². The summed E-state index contributed by atoms with van der Waals surface area (Å²) in [6.07, 6.45) is 4.66. The predicted molar refractivity (Wildman–Crippen MR) is 111 cm³/mol. The smallest absolute Gasteiger partial charge is 0.208 e. The van der Waals surface area contributed by atoms with Gasteiger partial charge in [0.05, 0.1) is 17.7 Å². The van der Waals surface area contributed by atoms with Crippen molar-refractivity contribution in [1.29, 1.82) is 0 Å². The third kappa shape index (κ3) is 4.98. The first kappa shape index (κ1) is 21.4. The summed E-state index contributed by atoms with van der Waals surface area (Å²) in [7, 11) is 0. The quantitative estimate of drug-likeness (QED) is 0.374. The molecule has 1 fully saturated rings. The topological polar surface area (TPSA) is 27.7 Å². The first-order chi connectivity index (χ1) is 13.5. The van der Waals surface area contributed by atoms with E-state index >= 15 is 0 Å². The van der Waals surface area contributed by atoms with Crippen LogP contribution in [0.3, 0.4) is 0 Å². The minimum absolute atomic E-state index is 0.0190. The monoisotopic (exact) mass is 518 g/mol. The number of benzene rings is 2. The molecule has 3 rings (SSSR count). The molecule has 0 aliphatic heterocycles. The maximum atomic E-state index is 14.9. The molecular formula is C21H22Br2F2O3. The highest BCUT2D eigenvalue weighted by atomic mass is 79.9. The second kappa shape index (κ2) is 9.92. The fourth-order valence-corrected chi connectivity index (χ4v) is 4.10. The second-order valence-electron chi connectivity index (χ2n) is 6.71. The van der Waals surface area contributed by atoms with Gasteiger partial charge in [0.25, 0.3) is 0 Å². The molecule has 0 saturated heterocycles. The van der Waals surface area contributed by atoms with Gasteiger partial charge in [-0.15, -0.1) is 0 Å². The number of halogens is 4. The highest BCUT2D eigenvalue weighted by Gasteiger charge is 2.20. The fraction of sp³-hybridized carbons (Fsp3) is 0.429. The van der Waals surface area contributed by atoms with E-state index in [-0.39, 0.29) is 29.4 Å². The molecule has 3 nitrogen and oxygen atoms in total. The highest BCUT2D eigenvalue weighted by Crippen LogP contribution is 2.36. The SMILES string of the molecule is CCOc1ccc(Br)c(OCc2c(Br)ccc(OCC3CCCC3)c2F)c1F. The van der Waals surface area contributed by atoms with Crippen LogP contribution in [-0.4, -0.2) is 13.2 Å². The van der Waals surface area contributed by atoms with Gasteiger partial charge in [0.15, 0.2) is 23.1 Å². The van der Waals surface area contributed by atoms with Crippen LogP contribution in [-0.2, 0) is 6.61 Å². The molecule has 0 bridgehead atoms. The van der Waals surface area contributed by atoms with Crippen LogP contribution < -0.4 is 14.2 Å². The largest absolute Gasteiger partial charge is 0.491 e. The van der Waals surface area contributed by atoms with E-state index in [1.807, 2.05) is 0 Å². The minimum atomic E-state index is -0.624. The van der Waals surface area contributed by atoms with Gasteiger partial charge in [-0.1, -0.05) is 28.8 Å². The summed E-state index contributed by atoms with van der Waals surface area (Å²) in [4.78, 5) is 0. The molecule has 152 valence electrons. The van der Waals surface area contributed by atoms with Gasteiger partial charge in [-0.05, 0) is 65.9 Å². The fourth-order valence-electron chi connectivity index (χ4n) is 3.26. The lowest BCUT2D eigenvalue weighted by atomic mass is 10.1. The summed E-state index contributed by atoms with van der Waals surface area (Å²) in [6, 6.07) is 6.47. The Labute approximate surface area is 180 Å². The molecular weight excluding hydrogens is 498 g/mol. The van der Waals surface area contributed by atoms with Gasteiger partial charge in [-0.3, -0.25) is 0 Å². The van der Waals surface area contributed by atoms with Gasteiger partial charge < -0.3 is 14.2 Å². The molecule has 7 heteroatoms. The molecule has 1 aliphatic carbocycles. The average molecular weight is 520 g/mol. The van der Waals surface area contributed by atoms with Crippen molar-refractivity contribution >= 4 is 31.9 Å². The Bertz CT molecular complexity index is 824. The lowest BCUT2D eigenvalue weighted by Gasteiger charge is -2.16. The molecule has 1 saturated carbocycles. The van der Waals surface area contributed by atoms with Crippen molar-refractivity contribution in [1.82, 2.24) is 0 Å². The molecule has 0 radical (unpaired) electrons. The first-order valence-electron chi connectivity index (χ1n) is 9.34. The number of ether oxygens (including phenoxy) is 3. The standard InChI is InChI=1S/C21H22Br2F2O3/c1-2-26-18-10-8-16(23)21(20(18)25)28-12-14-15(22)7-9-17(19(14)24)27-11-13-5-3-4-6-13/h7-10,13H,2-6,11-12H2,1H3. The molecule has 0 atom stereocenters. The normalized spacial score (nSPS) is 14.3. The summed E-state index contributed by atoms with van der Waals surface area (Å²) in [6.45, 7) is 2.46. The summed E-state index contributed by atoms with van der Waals surface area (Å²) >= 11 is 6.61. The van der Waals surface area contributed by atoms with Crippen molar-refractivity contribution in [3.8, 4) is 17.2 Å². The van der Waals surface area contributed by atoms with E-state index in [0.29, 0.717) is 28.1 Å². The van der Waals surface area contributed by atoms with E-state index in [1.165, 1.54) is 18.9 Å². The van der Waals surface area contributed by atoms with Crippen molar-refractivity contribution in [2.45, 2.75) is 39.2 Å². The Hall–Kier alpha value is -1.34. The predicted octanol–water partition coefficient (Wildman–Crippen LogP) is 7.04. The lowest BCUT2D eigenvalue weighted by molar-refractivity contribution is 0.236. The van der Waals surface area contributed by atoms with Gasteiger partial charge in [0, 0.05) is 10.0 Å². The molecule has 0 spiro atoms. The zero-order chi connectivity index (χ0) is 20.1. The lowest BCUT2D eigenvalue weighted by Crippen LogP contribution is -2.10. The second-order valence-corrected chi connectivity index (χ2v) is 8.42. The zero-order valence-electron chi connectivity index (χ0n) is 15.6. The Morgan fingerprint density at radius 3 is 2.21 bits per heavy atom. The molecule has 0 amide bonds. The maximum Gasteiger partial charge on any atom is 0.208 e. The third-order valence-corrected chi connectivity index (χ3v) is 6.14. The van der Waals surface area contributed by atoms with Crippen LogP contribution in [0.4, 0.5) is 8.78 Å². The summed E-state index contributed by atoms with van der Waals surface area (Å²) in [5, 5.41) is 0. The number of hydrogen-bond donors (Lipinski definition) is 0. The van der Waals surface area contributed by atoms with Gasteiger partial charge in [0.1, 0.15) is 6.61 Å². The van der Waals surface area contributed by atoms with Gasteiger partial charge in [-0.25, -0.2) is 4.39 Å². The third-order valence-electron chi connectivity index (χ3n) is 4.77. The van der Waals surface area contributed by atoms with Crippen LogP contribution >= 0.6 is 31.9 Å². The molecule has 0 unspecified atom stereocenters. The van der Waals surface area contributed by atoms with Crippen molar-refractivity contribution in [2.75, 3.05) is 13.2 Å². The van der Waals surface area contributed by atoms with Crippen LogP contribution in [0.15, 0.2) is 33.2 Å². The molecule has 1 aliphatic rings. The van der Waals surface area contributed by atoms with Crippen molar-refractivity contribution < 1.29 is 23.0 Å². The minimum Gasteiger partial charge on any atom is -0.491 e. The number of rotatable bonds is 8. The Morgan fingerprint density at radius 2 is 1.54 bits per heavy atom. The van der Waals surface area contributed by atoms with E-state index in [0.717, 1.165) is 12.8 Å². The highest BCUT2D eigenvalue weighted by molar-refractivity contribution is 9.10. The van der Waals surface area contributed by atoms with Crippen molar-refractivity contribution in [2.24, 2.45) is 5.92 Å². The summed E-state index contributed by atoms with van der Waals surface area (Å²) < 4.78 is 47.1. The summed E-state index contributed by atoms with van der Waals surface area (Å²) in [5.74, 6) is -0.375. The molecule has 0 aromatic heterocycles. The van der Waals surface area contributed by atoms with Crippen LogP contribution in [0.1, 0.15) is 38.2 Å². The molecule has 0 heterocycles. The van der Waals surface area contributed by atoms with E-state index in [9.17, 15) is 8.78 Å². The van der Waals surface area contributed by atoms with E-state index < -0.39 is 11.6 Å². The van der Waals surface area contributed by atoms with Crippen LogP contribution in [0.5, 0.6) is 17.2 Å². The average Bonchev–Trinajstić information content (AvgIpc) is 3.19. The Morgan fingerprint density at radius 1 is 0.893 bits per heavy atom. The van der Waals surface area contributed by atoms with Crippen molar-refractivity contribution in [3.05, 3.63) is 50.4 Å². The van der Waals surface area contributed by atoms with Gasteiger partial charge >= 0.3 is 0 Å². The Balaban J connectivity index is 1.75. The van der Waals surface area contributed by atoms with Gasteiger partial charge in [-0.2, -0.15) is 4.39 Å². The van der Waals surface area contributed by atoms with Crippen LogP contribution in [0.25, 0.3) is 0 Å².